The van der Waals surface area contributed by atoms with Crippen molar-refractivity contribution in [1.82, 2.24) is 14.5 Å². The van der Waals surface area contributed by atoms with Gasteiger partial charge in [-0.15, -0.1) is 17.9 Å². The second-order valence-corrected chi connectivity index (χ2v) is 8.71. The molecular formula is C20H20FN3OS2. The molecule has 140 valence electrons. The lowest BCUT2D eigenvalue weighted by Gasteiger charge is -2.21. The summed E-state index contributed by atoms with van der Waals surface area (Å²) >= 11 is 3.13. The number of allylic oxidation sites excluding steroid dienone is 1. The third-order valence-electron chi connectivity index (χ3n) is 4.71. The van der Waals surface area contributed by atoms with E-state index in [2.05, 4.69) is 18.5 Å². The number of nitrogens with zero attached hydrogens (tertiary/aromatic N) is 3. The van der Waals surface area contributed by atoms with Gasteiger partial charge >= 0.3 is 0 Å². The normalized spacial score (nSPS) is 14.4. The van der Waals surface area contributed by atoms with E-state index in [1.807, 2.05) is 0 Å². The number of fused-ring (bicyclic) bond motifs is 3. The van der Waals surface area contributed by atoms with E-state index >= 15 is 0 Å². The van der Waals surface area contributed by atoms with Crippen molar-refractivity contribution < 1.29 is 4.39 Å². The summed E-state index contributed by atoms with van der Waals surface area (Å²) in [5.74, 6) is 0.379. The molecule has 3 aromatic rings. The van der Waals surface area contributed by atoms with Gasteiger partial charge in [0.25, 0.3) is 5.56 Å². The van der Waals surface area contributed by atoms with E-state index in [4.69, 9.17) is 4.98 Å². The number of hydrogen-bond donors (Lipinski definition) is 0. The number of rotatable bonds is 5. The summed E-state index contributed by atoms with van der Waals surface area (Å²) in [4.78, 5) is 22.4. The maximum absolute atomic E-state index is 13.2. The van der Waals surface area contributed by atoms with Crippen molar-refractivity contribution in [2.45, 2.75) is 30.4 Å². The Bertz CT molecular complexity index is 1060. The van der Waals surface area contributed by atoms with Gasteiger partial charge in [-0.3, -0.25) is 9.36 Å². The summed E-state index contributed by atoms with van der Waals surface area (Å²) in [6.07, 6.45) is 2.61. The van der Waals surface area contributed by atoms with Gasteiger partial charge < -0.3 is 4.90 Å². The summed E-state index contributed by atoms with van der Waals surface area (Å²) in [5.41, 5.74) is 2.18. The van der Waals surface area contributed by atoms with Crippen molar-refractivity contribution in [2.24, 2.45) is 0 Å². The number of aromatic nitrogens is 2. The quantitative estimate of drug-likeness (QED) is 0.367. The van der Waals surface area contributed by atoms with Crippen LogP contribution in [-0.2, 0) is 25.3 Å². The first-order valence-electron chi connectivity index (χ1n) is 8.78. The van der Waals surface area contributed by atoms with Crippen LogP contribution in [0.25, 0.3) is 10.2 Å². The zero-order chi connectivity index (χ0) is 19.0. The average molecular weight is 402 g/mol. The van der Waals surface area contributed by atoms with Crippen LogP contribution in [-0.4, -0.2) is 28.0 Å². The molecule has 0 amide bonds. The summed E-state index contributed by atoms with van der Waals surface area (Å²) in [5, 5.41) is 1.46. The molecule has 0 spiro atoms. The molecule has 0 fully saturated rings. The number of hydrogen-bond acceptors (Lipinski definition) is 5. The zero-order valence-electron chi connectivity index (χ0n) is 15.1. The monoisotopic (exact) mass is 401 g/mol. The highest BCUT2D eigenvalue weighted by Gasteiger charge is 2.23. The van der Waals surface area contributed by atoms with E-state index in [9.17, 15) is 9.18 Å². The minimum atomic E-state index is -0.249. The lowest BCUT2D eigenvalue weighted by atomic mass is 10.1. The van der Waals surface area contributed by atoms with Crippen molar-refractivity contribution >= 4 is 33.3 Å². The van der Waals surface area contributed by atoms with Crippen molar-refractivity contribution in [2.75, 3.05) is 13.6 Å². The van der Waals surface area contributed by atoms with Crippen LogP contribution in [0.3, 0.4) is 0 Å². The summed E-state index contributed by atoms with van der Waals surface area (Å²) < 4.78 is 14.8. The predicted molar refractivity (Wildman–Crippen MR) is 110 cm³/mol. The average Bonchev–Trinajstić information content (AvgIpc) is 3.01. The molecule has 0 bridgehead atoms. The van der Waals surface area contributed by atoms with Crippen molar-refractivity contribution in [3.8, 4) is 0 Å². The Morgan fingerprint density at radius 1 is 1.37 bits per heavy atom. The molecule has 0 N–H and O–H groups in total. The van der Waals surface area contributed by atoms with Crippen LogP contribution in [0.2, 0.25) is 0 Å². The number of likely N-dealkylation sites (N-methyl/N-ethyl adjacent to an activating group) is 1. The van der Waals surface area contributed by atoms with Gasteiger partial charge in [0.15, 0.2) is 5.16 Å². The molecule has 0 unspecified atom stereocenters. The van der Waals surface area contributed by atoms with Gasteiger partial charge in [0.2, 0.25) is 0 Å². The molecule has 3 heterocycles. The molecular weight excluding hydrogens is 381 g/mol. The second-order valence-electron chi connectivity index (χ2n) is 6.69. The summed E-state index contributed by atoms with van der Waals surface area (Å²) in [7, 11) is 2.10. The Labute approximate surface area is 165 Å². The van der Waals surface area contributed by atoms with E-state index in [1.165, 1.54) is 34.3 Å². The molecule has 0 radical (unpaired) electrons. The van der Waals surface area contributed by atoms with Crippen LogP contribution in [0, 0.1) is 5.82 Å². The van der Waals surface area contributed by atoms with Gasteiger partial charge in [0.05, 0.1) is 5.39 Å². The van der Waals surface area contributed by atoms with Crippen molar-refractivity contribution in [3.05, 3.63) is 69.1 Å². The van der Waals surface area contributed by atoms with E-state index in [0.717, 1.165) is 35.3 Å². The van der Waals surface area contributed by atoms with Gasteiger partial charge in [0.1, 0.15) is 10.6 Å². The standard InChI is InChI=1S/C20H20FN3OS2/c1-3-9-24-19(25)17-15-8-10-23(2)11-16(15)27-18(17)22-20(24)26-12-13-4-6-14(21)7-5-13/h3-7H,1,8-12H2,2H3. The van der Waals surface area contributed by atoms with Crippen molar-refractivity contribution in [3.63, 3.8) is 0 Å². The molecule has 1 aromatic carbocycles. The Kier molecular flexibility index (Phi) is 5.16. The molecule has 0 saturated heterocycles. The van der Waals surface area contributed by atoms with Gasteiger partial charge in [-0.1, -0.05) is 30.0 Å². The largest absolute Gasteiger partial charge is 0.301 e. The van der Waals surface area contributed by atoms with Gasteiger partial charge in [0, 0.05) is 30.3 Å². The highest BCUT2D eigenvalue weighted by molar-refractivity contribution is 7.98. The number of thiophene rings is 1. The Morgan fingerprint density at radius 3 is 2.89 bits per heavy atom. The van der Waals surface area contributed by atoms with Gasteiger partial charge in [-0.05, 0) is 36.7 Å². The summed E-state index contributed by atoms with van der Waals surface area (Å²) in [6.45, 7) is 6.05. The molecule has 0 atom stereocenters. The van der Waals surface area contributed by atoms with E-state index in [1.54, 1.807) is 34.1 Å². The molecule has 0 aliphatic carbocycles. The molecule has 7 heteroatoms. The van der Waals surface area contributed by atoms with Crippen LogP contribution in [0.4, 0.5) is 4.39 Å². The predicted octanol–water partition coefficient (Wildman–Crippen LogP) is 4.06. The second kappa shape index (κ2) is 7.58. The molecule has 4 nitrogen and oxygen atoms in total. The Morgan fingerprint density at radius 2 is 2.15 bits per heavy atom. The van der Waals surface area contributed by atoms with Crippen LogP contribution in [0.1, 0.15) is 16.0 Å². The van der Waals surface area contributed by atoms with E-state index in [-0.39, 0.29) is 11.4 Å². The molecule has 0 saturated carbocycles. The first-order chi connectivity index (χ1) is 13.1. The molecule has 2 aromatic heterocycles. The highest BCUT2D eigenvalue weighted by atomic mass is 32.2. The fourth-order valence-corrected chi connectivity index (χ4v) is 5.62. The van der Waals surface area contributed by atoms with Crippen LogP contribution in [0.15, 0.2) is 46.9 Å². The smallest absolute Gasteiger partial charge is 0.263 e. The zero-order valence-corrected chi connectivity index (χ0v) is 16.7. The lowest BCUT2D eigenvalue weighted by molar-refractivity contribution is 0.318. The number of halogens is 1. The maximum Gasteiger partial charge on any atom is 0.263 e. The van der Waals surface area contributed by atoms with Crippen molar-refractivity contribution in [1.29, 1.82) is 0 Å². The van der Waals surface area contributed by atoms with E-state index in [0.29, 0.717) is 17.5 Å². The fraction of sp³-hybridized carbons (Fsp3) is 0.300. The number of benzene rings is 1. The Hall–Kier alpha value is -1.96. The number of thioether (sulfide) groups is 1. The van der Waals surface area contributed by atoms with Gasteiger partial charge in [-0.25, -0.2) is 9.37 Å². The lowest BCUT2D eigenvalue weighted by Crippen LogP contribution is -2.27. The SMILES string of the molecule is C=CCn1c(SCc2ccc(F)cc2)nc2sc3c(c2c1=O)CCN(C)C3. The minimum absolute atomic E-state index is 0.0172. The maximum atomic E-state index is 13.2. The Balaban J connectivity index is 1.75. The summed E-state index contributed by atoms with van der Waals surface area (Å²) in [6, 6.07) is 6.42. The molecule has 1 aliphatic heterocycles. The third kappa shape index (κ3) is 3.59. The van der Waals surface area contributed by atoms with Crippen LogP contribution in [0.5, 0.6) is 0 Å². The molecule has 4 rings (SSSR count). The molecule has 1 aliphatic rings. The van der Waals surface area contributed by atoms with Crippen LogP contribution < -0.4 is 5.56 Å². The first-order valence-corrected chi connectivity index (χ1v) is 10.6. The fourth-order valence-electron chi connectivity index (χ4n) is 3.31. The van der Waals surface area contributed by atoms with Gasteiger partial charge in [-0.2, -0.15) is 0 Å². The topological polar surface area (TPSA) is 38.1 Å². The van der Waals surface area contributed by atoms with Crippen LogP contribution >= 0.6 is 23.1 Å². The first kappa shape index (κ1) is 18.4. The minimum Gasteiger partial charge on any atom is -0.301 e. The third-order valence-corrected chi connectivity index (χ3v) is 6.87. The molecule has 27 heavy (non-hydrogen) atoms. The van der Waals surface area contributed by atoms with E-state index < -0.39 is 0 Å². The highest BCUT2D eigenvalue weighted by Crippen LogP contribution is 2.33.